The third kappa shape index (κ3) is 3.80. The van der Waals surface area contributed by atoms with Crippen LogP contribution in [-0.2, 0) is 11.2 Å². The number of benzene rings is 1. The van der Waals surface area contributed by atoms with E-state index in [2.05, 4.69) is 13.8 Å². The maximum Gasteiger partial charge on any atom is 0.0940 e. The van der Waals surface area contributed by atoms with Crippen LogP contribution in [0.5, 0.6) is 0 Å². The number of hydrogen-bond donors (Lipinski definition) is 1. The summed E-state index contributed by atoms with van der Waals surface area (Å²) in [5.74, 6) is 0. The summed E-state index contributed by atoms with van der Waals surface area (Å²) in [4.78, 5) is 0. The second kappa shape index (κ2) is 6.28. The van der Waals surface area contributed by atoms with Gasteiger partial charge in [-0.3, -0.25) is 0 Å². The number of ether oxygens (including phenoxy) is 1. The van der Waals surface area contributed by atoms with Gasteiger partial charge in [-0.2, -0.15) is 0 Å². The van der Waals surface area contributed by atoms with E-state index in [9.17, 15) is 5.11 Å². The Hall–Kier alpha value is -0.570. The molecule has 0 radical (unpaired) electrons. The quantitative estimate of drug-likeness (QED) is 0.885. The van der Waals surface area contributed by atoms with Gasteiger partial charge in [-0.05, 0) is 55.2 Å². The van der Waals surface area contributed by atoms with Crippen molar-refractivity contribution >= 4 is 11.6 Å². The first-order chi connectivity index (χ1) is 9.78. The van der Waals surface area contributed by atoms with Crippen molar-refractivity contribution < 1.29 is 9.84 Å². The molecule has 118 valence electrons. The van der Waals surface area contributed by atoms with Gasteiger partial charge in [-0.1, -0.05) is 37.6 Å². The zero-order valence-corrected chi connectivity index (χ0v) is 14.3. The zero-order chi connectivity index (χ0) is 15.7. The highest BCUT2D eigenvalue weighted by atomic mass is 35.5. The van der Waals surface area contributed by atoms with Crippen molar-refractivity contribution in [1.82, 2.24) is 0 Å². The van der Waals surface area contributed by atoms with E-state index in [1.165, 1.54) is 0 Å². The maximum absolute atomic E-state index is 10.8. The number of aliphatic hydroxyl groups excluding tert-OH is 1. The van der Waals surface area contributed by atoms with E-state index in [-0.39, 0.29) is 0 Å². The third-order valence-corrected chi connectivity index (χ3v) is 5.44. The molecule has 0 heterocycles. The molecule has 1 saturated carbocycles. The summed E-state index contributed by atoms with van der Waals surface area (Å²) >= 11 is 6.29. The molecule has 1 fully saturated rings. The van der Waals surface area contributed by atoms with Gasteiger partial charge in [0.05, 0.1) is 11.7 Å². The van der Waals surface area contributed by atoms with Gasteiger partial charge < -0.3 is 9.84 Å². The number of hydrogen-bond acceptors (Lipinski definition) is 2. The van der Waals surface area contributed by atoms with E-state index in [1.54, 1.807) is 7.11 Å². The summed E-state index contributed by atoms with van der Waals surface area (Å²) in [6, 6.07) is 6.00. The standard InChI is InChI=1S/C18H27ClO2/c1-13-5-6-14(15(19)11-13)12-16(20)18(21-4)9-7-17(2,3)8-10-18/h5-6,11,16,20H,7-10,12H2,1-4H3. The lowest BCUT2D eigenvalue weighted by atomic mass is 9.68. The number of rotatable bonds is 4. The molecule has 0 aromatic heterocycles. The molecule has 21 heavy (non-hydrogen) atoms. The Morgan fingerprint density at radius 1 is 1.24 bits per heavy atom. The summed E-state index contributed by atoms with van der Waals surface area (Å²) in [5.41, 5.74) is 2.06. The van der Waals surface area contributed by atoms with Gasteiger partial charge in [0.25, 0.3) is 0 Å². The topological polar surface area (TPSA) is 29.5 Å². The molecule has 0 bridgehead atoms. The van der Waals surface area contributed by atoms with Gasteiger partial charge in [0.15, 0.2) is 0 Å². The molecule has 0 saturated heterocycles. The summed E-state index contributed by atoms with van der Waals surface area (Å²) in [5, 5.41) is 11.5. The third-order valence-electron chi connectivity index (χ3n) is 5.09. The van der Waals surface area contributed by atoms with E-state index < -0.39 is 11.7 Å². The summed E-state index contributed by atoms with van der Waals surface area (Å²) in [7, 11) is 1.72. The van der Waals surface area contributed by atoms with Crippen LogP contribution in [0.1, 0.15) is 50.7 Å². The largest absolute Gasteiger partial charge is 0.390 e. The fourth-order valence-electron chi connectivity index (χ4n) is 3.24. The van der Waals surface area contributed by atoms with E-state index in [4.69, 9.17) is 16.3 Å². The van der Waals surface area contributed by atoms with Crippen molar-refractivity contribution in [2.75, 3.05) is 7.11 Å². The van der Waals surface area contributed by atoms with Crippen LogP contribution in [0.3, 0.4) is 0 Å². The van der Waals surface area contributed by atoms with E-state index in [0.717, 1.165) is 41.8 Å². The molecule has 1 atom stereocenters. The van der Waals surface area contributed by atoms with Crippen LogP contribution in [0.25, 0.3) is 0 Å². The van der Waals surface area contributed by atoms with E-state index in [1.807, 2.05) is 25.1 Å². The fraction of sp³-hybridized carbons (Fsp3) is 0.667. The van der Waals surface area contributed by atoms with Gasteiger partial charge in [-0.25, -0.2) is 0 Å². The Morgan fingerprint density at radius 3 is 2.38 bits per heavy atom. The molecule has 1 aromatic carbocycles. The average Bonchev–Trinajstić information content (AvgIpc) is 2.42. The number of methoxy groups -OCH3 is 1. The van der Waals surface area contributed by atoms with Crippen molar-refractivity contribution in [1.29, 1.82) is 0 Å². The summed E-state index contributed by atoms with van der Waals surface area (Å²) in [6.07, 6.45) is 4.01. The molecule has 1 aromatic rings. The normalized spacial score (nSPS) is 22.0. The predicted molar refractivity (Wildman–Crippen MR) is 87.9 cm³/mol. The van der Waals surface area contributed by atoms with Crippen LogP contribution < -0.4 is 0 Å². The lowest BCUT2D eigenvalue weighted by Crippen LogP contribution is -2.49. The van der Waals surface area contributed by atoms with Crippen LogP contribution in [0.2, 0.25) is 5.02 Å². The predicted octanol–water partition coefficient (Wildman–Crippen LogP) is 4.54. The number of halogens is 1. The van der Waals surface area contributed by atoms with E-state index >= 15 is 0 Å². The Kier molecular flexibility index (Phi) is 5.02. The molecule has 0 spiro atoms. The average molecular weight is 311 g/mol. The minimum absolute atomic E-state index is 0.350. The minimum Gasteiger partial charge on any atom is -0.390 e. The highest BCUT2D eigenvalue weighted by molar-refractivity contribution is 6.31. The SMILES string of the molecule is COC1(C(O)Cc2ccc(C)cc2Cl)CCC(C)(C)CC1. The van der Waals surface area contributed by atoms with Crippen LogP contribution in [-0.4, -0.2) is 23.9 Å². The Balaban J connectivity index is 2.12. The molecule has 2 rings (SSSR count). The first kappa shape index (κ1) is 16.8. The lowest BCUT2D eigenvalue weighted by molar-refractivity contribution is -0.135. The zero-order valence-electron chi connectivity index (χ0n) is 13.6. The molecule has 0 aliphatic heterocycles. The molecule has 1 N–H and O–H groups in total. The van der Waals surface area contributed by atoms with Crippen molar-refractivity contribution in [3.05, 3.63) is 34.3 Å². The molecule has 3 heteroatoms. The molecule has 0 amide bonds. The van der Waals surface area contributed by atoms with Crippen LogP contribution in [0.15, 0.2) is 18.2 Å². The maximum atomic E-state index is 10.8. The van der Waals surface area contributed by atoms with Crippen molar-refractivity contribution in [2.45, 2.75) is 64.6 Å². The van der Waals surface area contributed by atoms with Gasteiger partial charge in [-0.15, -0.1) is 0 Å². The Morgan fingerprint density at radius 2 is 1.86 bits per heavy atom. The van der Waals surface area contributed by atoms with Gasteiger partial charge in [0.1, 0.15) is 0 Å². The van der Waals surface area contributed by atoms with Crippen LogP contribution in [0, 0.1) is 12.3 Å². The van der Waals surface area contributed by atoms with Gasteiger partial charge in [0, 0.05) is 18.6 Å². The highest BCUT2D eigenvalue weighted by Crippen LogP contribution is 2.44. The van der Waals surface area contributed by atoms with Crippen LogP contribution >= 0.6 is 11.6 Å². The summed E-state index contributed by atoms with van der Waals surface area (Å²) < 4.78 is 5.78. The Labute approximate surface area is 133 Å². The van der Waals surface area contributed by atoms with Crippen LogP contribution in [0.4, 0.5) is 0 Å². The van der Waals surface area contributed by atoms with Crippen molar-refractivity contribution in [3.63, 3.8) is 0 Å². The van der Waals surface area contributed by atoms with Gasteiger partial charge in [0.2, 0.25) is 0 Å². The van der Waals surface area contributed by atoms with Gasteiger partial charge >= 0.3 is 0 Å². The molecular weight excluding hydrogens is 284 g/mol. The number of aliphatic hydroxyl groups is 1. The monoisotopic (exact) mass is 310 g/mol. The summed E-state index contributed by atoms with van der Waals surface area (Å²) in [6.45, 7) is 6.59. The van der Waals surface area contributed by atoms with Crippen molar-refractivity contribution in [3.8, 4) is 0 Å². The Bertz CT molecular complexity index is 486. The second-order valence-corrected chi connectivity index (χ2v) is 7.66. The molecular formula is C18H27ClO2. The molecule has 1 aliphatic rings. The fourth-order valence-corrected chi connectivity index (χ4v) is 3.55. The first-order valence-corrected chi connectivity index (χ1v) is 8.14. The molecule has 1 aliphatic carbocycles. The second-order valence-electron chi connectivity index (χ2n) is 7.25. The first-order valence-electron chi connectivity index (χ1n) is 7.76. The minimum atomic E-state index is -0.515. The molecule has 1 unspecified atom stereocenters. The molecule has 2 nitrogen and oxygen atoms in total. The van der Waals surface area contributed by atoms with Crippen molar-refractivity contribution in [2.24, 2.45) is 5.41 Å². The lowest BCUT2D eigenvalue weighted by Gasteiger charge is -2.45. The van der Waals surface area contributed by atoms with E-state index in [0.29, 0.717) is 11.8 Å². The smallest absolute Gasteiger partial charge is 0.0940 e. The number of aryl methyl sites for hydroxylation is 1. The highest BCUT2D eigenvalue weighted by Gasteiger charge is 2.43.